The maximum Gasteiger partial charge on any atom is 0.256 e. The molecule has 0 saturated carbocycles. The summed E-state index contributed by atoms with van der Waals surface area (Å²) in [4.78, 5) is 21.3. The highest BCUT2D eigenvalue weighted by Crippen LogP contribution is 2.40. The number of aryl methyl sites for hydroxylation is 1. The Morgan fingerprint density at radius 1 is 1.13 bits per heavy atom. The van der Waals surface area contributed by atoms with Crippen LogP contribution in [0.3, 0.4) is 0 Å². The Kier molecular flexibility index (Phi) is 5.13. The van der Waals surface area contributed by atoms with E-state index in [1.54, 1.807) is 12.4 Å². The molecular weight excluding hydrogens is 397 g/mol. The van der Waals surface area contributed by atoms with Crippen LogP contribution in [-0.2, 0) is 0 Å². The molecule has 31 heavy (non-hydrogen) atoms. The molecule has 2 aromatic heterocycles. The Bertz CT molecular complexity index is 1070. The molecule has 3 atom stereocenters. The lowest BCUT2D eigenvalue weighted by atomic mass is 9.90. The number of carbonyl (C=O) groups excluding carboxylic acids is 1. The third-order valence-corrected chi connectivity index (χ3v) is 6.36. The Morgan fingerprint density at radius 3 is 2.71 bits per heavy atom. The van der Waals surface area contributed by atoms with Crippen molar-refractivity contribution in [3.8, 4) is 11.6 Å². The average molecular weight is 421 g/mol. The zero-order valence-electron chi connectivity index (χ0n) is 17.3. The van der Waals surface area contributed by atoms with E-state index < -0.39 is 0 Å². The van der Waals surface area contributed by atoms with E-state index in [0.29, 0.717) is 23.7 Å². The molecule has 2 aliphatic rings. The molecule has 2 aliphatic heterocycles. The summed E-state index contributed by atoms with van der Waals surface area (Å²) in [6.07, 6.45) is 8.28. The fraction of sp³-hybridized carbons (Fsp3) is 0.391. The number of piperidine rings is 1. The highest BCUT2D eigenvalue weighted by Gasteiger charge is 2.45. The second kappa shape index (κ2) is 8.09. The van der Waals surface area contributed by atoms with E-state index in [-0.39, 0.29) is 29.7 Å². The Labute approximate surface area is 179 Å². The maximum atomic E-state index is 13.7. The van der Waals surface area contributed by atoms with Crippen molar-refractivity contribution in [1.82, 2.24) is 24.9 Å². The monoisotopic (exact) mass is 421 g/mol. The van der Waals surface area contributed by atoms with Gasteiger partial charge in [0.25, 0.3) is 5.91 Å². The van der Waals surface area contributed by atoms with E-state index in [2.05, 4.69) is 20.1 Å². The van der Waals surface area contributed by atoms with Crippen LogP contribution in [-0.4, -0.2) is 49.5 Å². The van der Waals surface area contributed by atoms with Crippen molar-refractivity contribution in [3.63, 3.8) is 0 Å². The highest BCUT2D eigenvalue weighted by atomic mass is 19.1. The molecule has 0 spiro atoms. The molecule has 2 saturated heterocycles. The van der Waals surface area contributed by atoms with Gasteiger partial charge in [-0.05, 0) is 50.8 Å². The summed E-state index contributed by atoms with van der Waals surface area (Å²) < 4.78 is 18.9. The van der Waals surface area contributed by atoms with E-state index in [1.807, 2.05) is 25.1 Å². The van der Waals surface area contributed by atoms with Crippen LogP contribution in [0.4, 0.5) is 4.39 Å². The van der Waals surface area contributed by atoms with Crippen LogP contribution in [0.25, 0.3) is 5.69 Å². The van der Waals surface area contributed by atoms with Crippen LogP contribution in [0.5, 0.6) is 5.88 Å². The summed E-state index contributed by atoms with van der Waals surface area (Å²) in [5, 5.41) is 8.45. The Morgan fingerprint density at radius 2 is 1.94 bits per heavy atom. The molecule has 1 amide bonds. The molecule has 3 aromatic rings. The topological polar surface area (TPSA) is 73.1 Å². The lowest BCUT2D eigenvalue weighted by Crippen LogP contribution is -2.49. The van der Waals surface area contributed by atoms with Crippen molar-refractivity contribution in [3.05, 3.63) is 65.9 Å². The molecule has 2 bridgehead atoms. The van der Waals surface area contributed by atoms with Crippen LogP contribution in [0.1, 0.15) is 41.6 Å². The van der Waals surface area contributed by atoms with Crippen LogP contribution in [0.15, 0.2) is 48.9 Å². The number of halogens is 1. The number of fused-ring (bicyclic) bond motifs is 2. The zero-order chi connectivity index (χ0) is 21.4. The molecule has 5 rings (SSSR count). The van der Waals surface area contributed by atoms with E-state index in [1.165, 1.54) is 16.9 Å². The van der Waals surface area contributed by atoms with E-state index >= 15 is 0 Å². The predicted octanol–water partition coefficient (Wildman–Crippen LogP) is 3.57. The van der Waals surface area contributed by atoms with Gasteiger partial charge >= 0.3 is 0 Å². The van der Waals surface area contributed by atoms with Crippen molar-refractivity contribution >= 4 is 5.91 Å². The first kappa shape index (κ1) is 19.7. The quantitative estimate of drug-likeness (QED) is 0.630. The molecule has 8 heteroatoms. The summed E-state index contributed by atoms with van der Waals surface area (Å²) in [6.45, 7) is 2.44. The number of pyridine rings is 1. The molecule has 7 nitrogen and oxygen atoms in total. The molecular formula is C23H24FN5O2. The predicted molar refractivity (Wildman–Crippen MR) is 111 cm³/mol. The highest BCUT2D eigenvalue weighted by molar-refractivity contribution is 5.98. The first-order chi connectivity index (χ1) is 15.1. The number of nitrogens with zero attached hydrogens (tertiary/aromatic N) is 5. The smallest absolute Gasteiger partial charge is 0.256 e. The molecule has 1 aromatic carbocycles. The average Bonchev–Trinajstić information content (AvgIpc) is 3.41. The van der Waals surface area contributed by atoms with Gasteiger partial charge in [0, 0.05) is 24.1 Å². The number of carbonyl (C=O) groups is 1. The van der Waals surface area contributed by atoms with Crippen LogP contribution < -0.4 is 4.74 Å². The summed E-state index contributed by atoms with van der Waals surface area (Å²) in [5.41, 5.74) is 2.33. The van der Waals surface area contributed by atoms with Crippen molar-refractivity contribution in [2.45, 2.75) is 44.7 Å². The SMILES string of the molecule is Cc1ccc(-n2nccn2)c(C(=O)N2C3CCC2[C@@H](COc2ccc(F)cn2)CC3)c1. The van der Waals surface area contributed by atoms with Gasteiger partial charge in [-0.3, -0.25) is 4.79 Å². The van der Waals surface area contributed by atoms with Crippen LogP contribution in [0.2, 0.25) is 0 Å². The number of ether oxygens (including phenoxy) is 1. The third kappa shape index (κ3) is 3.78. The number of benzene rings is 1. The second-order valence-corrected chi connectivity index (χ2v) is 8.31. The van der Waals surface area contributed by atoms with Crippen LogP contribution >= 0.6 is 0 Å². The minimum absolute atomic E-state index is 0.0214. The second-order valence-electron chi connectivity index (χ2n) is 8.31. The Hall–Kier alpha value is -3.29. The molecule has 0 radical (unpaired) electrons. The van der Waals surface area contributed by atoms with Gasteiger partial charge in [0.05, 0.1) is 36.4 Å². The molecule has 2 fully saturated rings. The first-order valence-electron chi connectivity index (χ1n) is 10.6. The van der Waals surface area contributed by atoms with Gasteiger partial charge in [0.15, 0.2) is 0 Å². The standard InChI is InChI=1S/C23H24FN5O2/c1-15-2-7-21(29-26-10-11-27-29)19(12-15)23(30)28-18-5-3-16(20(28)8-6-18)14-31-22-9-4-17(24)13-25-22/h2,4,7,9-13,16,18,20H,3,5-6,8,14H2,1H3/t16-,18?,20?/m1/s1. The third-order valence-electron chi connectivity index (χ3n) is 6.36. The van der Waals surface area contributed by atoms with Crippen molar-refractivity contribution in [2.24, 2.45) is 5.92 Å². The van der Waals surface area contributed by atoms with Crippen molar-refractivity contribution < 1.29 is 13.9 Å². The fourth-order valence-corrected chi connectivity index (χ4v) is 4.88. The van der Waals surface area contributed by atoms with Gasteiger partial charge in [-0.2, -0.15) is 15.0 Å². The van der Waals surface area contributed by atoms with E-state index in [0.717, 1.165) is 37.4 Å². The molecule has 4 heterocycles. The van der Waals surface area contributed by atoms with Gasteiger partial charge in [-0.15, -0.1) is 0 Å². The summed E-state index contributed by atoms with van der Waals surface area (Å²) in [6, 6.07) is 9.02. The lowest BCUT2D eigenvalue weighted by Gasteiger charge is -2.40. The fourth-order valence-electron chi connectivity index (χ4n) is 4.88. The summed E-state index contributed by atoms with van der Waals surface area (Å²) in [7, 11) is 0. The molecule has 0 aliphatic carbocycles. The number of hydrogen-bond donors (Lipinski definition) is 0. The van der Waals surface area contributed by atoms with E-state index in [9.17, 15) is 9.18 Å². The van der Waals surface area contributed by atoms with Gasteiger partial charge in [-0.25, -0.2) is 9.37 Å². The first-order valence-corrected chi connectivity index (χ1v) is 10.6. The number of aromatic nitrogens is 4. The van der Waals surface area contributed by atoms with Crippen LogP contribution in [0, 0.1) is 18.7 Å². The lowest BCUT2D eigenvalue weighted by molar-refractivity contribution is 0.0402. The normalized spacial score (nSPS) is 22.5. The number of amides is 1. The molecule has 2 unspecified atom stereocenters. The van der Waals surface area contributed by atoms with Gasteiger partial charge < -0.3 is 9.64 Å². The summed E-state index contributed by atoms with van der Waals surface area (Å²) >= 11 is 0. The van der Waals surface area contributed by atoms with Gasteiger partial charge in [0.1, 0.15) is 5.82 Å². The zero-order valence-corrected chi connectivity index (χ0v) is 17.3. The number of hydrogen-bond acceptors (Lipinski definition) is 5. The maximum absolute atomic E-state index is 13.7. The molecule has 0 N–H and O–H groups in total. The van der Waals surface area contributed by atoms with E-state index in [4.69, 9.17) is 4.74 Å². The van der Waals surface area contributed by atoms with Gasteiger partial charge in [-0.1, -0.05) is 11.6 Å². The largest absolute Gasteiger partial charge is 0.477 e. The number of rotatable bonds is 5. The summed E-state index contributed by atoms with van der Waals surface area (Å²) in [5.74, 6) is 0.255. The van der Waals surface area contributed by atoms with Gasteiger partial charge in [0.2, 0.25) is 5.88 Å². The Balaban J connectivity index is 1.38. The minimum atomic E-state index is -0.388. The van der Waals surface area contributed by atoms with Crippen molar-refractivity contribution in [2.75, 3.05) is 6.61 Å². The van der Waals surface area contributed by atoms with Crippen molar-refractivity contribution in [1.29, 1.82) is 0 Å². The minimum Gasteiger partial charge on any atom is -0.477 e. The molecule has 160 valence electrons.